The van der Waals surface area contributed by atoms with Crippen molar-refractivity contribution in [1.82, 2.24) is 9.80 Å². The summed E-state index contributed by atoms with van der Waals surface area (Å²) in [7, 11) is 3.28. The van der Waals surface area contributed by atoms with Gasteiger partial charge in [-0.3, -0.25) is 9.69 Å². The van der Waals surface area contributed by atoms with Gasteiger partial charge >= 0.3 is 0 Å². The topological polar surface area (TPSA) is 53.0 Å². The van der Waals surface area contributed by atoms with E-state index in [1.165, 1.54) is 0 Å². The van der Waals surface area contributed by atoms with Crippen LogP contribution in [0.2, 0.25) is 0 Å². The highest BCUT2D eigenvalue weighted by Crippen LogP contribution is 2.26. The molecule has 1 fully saturated rings. The first-order valence-electron chi connectivity index (χ1n) is 7.07. The number of aliphatic hydroxyl groups excluding tert-OH is 1. The summed E-state index contributed by atoms with van der Waals surface area (Å²) in [4.78, 5) is 16.3. The van der Waals surface area contributed by atoms with Gasteiger partial charge in [-0.2, -0.15) is 0 Å². The molecule has 1 aliphatic heterocycles. The molecule has 1 heterocycles. The van der Waals surface area contributed by atoms with Crippen LogP contribution in [0.3, 0.4) is 0 Å². The Balaban J connectivity index is 2.56. The normalized spacial score (nSPS) is 27.3. The average Bonchev–Trinajstić information content (AvgIpc) is 2.67. The summed E-state index contributed by atoms with van der Waals surface area (Å²) < 4.78 is 4.88. The van der Waals surface area contributed by atoms with E-state index in [9.17, 15) is 9.90 Å². The van der Waals surface area contributed by atoms with Crippen molar-refractivity contribution in [1.29, 1.82) is 0 Å². The number of methoxy groups -OCH3 is 1. The Morgan fingerprint density at radius 2 is 1.95 bits per heavy atom. The number of carbonyl (C=O) groups is 1. The number of nitrogens with zero attached hydrogens (tertiary/aromatic N) is 2. The zero-order valence-electron chi connectivity index (χ0n) is 12.8. The van der Waals surface area contributed by atoms with Crippen molar-refractivity contribution in [2.75, 3.05) is 27.3 Å². The maximum atomic E-state index is 12.4. The SMILES string of the molecule is COC[C@H](O)CN(C)C(=O)[C@H](C)N1[C@@H](C)CC[C@@H]1C. The molecule has 1 N–H and O–H groups in total. The maximum Gasteiger partial charge on any atom is 0.239 e. The van der Waals surface area contributed by atoms with Crippen LogP contribution >= 0.6 is 0 Å². The van der Waals surface area contributed by atoms with Gasteiger partial charge in [0, 0.05) is 32.8 Å². The van der Waals surface area contributed by atoms with Gasteiger partial charge in [-0.15, -0.1) is 0 Å². The van der Waals surface area contributed by atoms with Crippen molar-refractivity contribution in [3.63, 3.8) is 0 Å². The van der Waals surface area contributed by atoms with Crippen LogP contribution in [0, 0.1) is 0 Å². The first-order valence-corrected chi connectivity index (χ1v) is 7.07. The number of amides is 1. The lowest BCUT2D eigenvalue weighted by molar-refractivity contribution is -0.137. The summed E-state index contributed by atoms with van der Waals surface area (Å²) in [5.74, 6) is 0.0655. The van der Waals surface area contributed by atoms with Crippen molar-refractivity contribution in [3.05, 3.63) is 0 Å². The highest BCUT2D eigenvalue weighted by molar-refractivity contribution is 5.81. The van der Waals surface area contributed by atoms with Gasteiger partial charge in [-0.05, 0) is 33.6 Å². The second-order valence-corrected chi connectivity index (χ2v) is 5.73. The zero-order valence-corrected chi connectivity index (χ0v) is 12.8. The summed E-state index contributed by atoms with van der Waals surface area (Å²) >= 11 is 0. The van der Waals surface area contributed by atoms with Crippen molar-refractivity contribution >= 4 is 5.91 Å². The summed E-state index contributed by atoms with van der Waals surface area (Å²) in [6, 6.07) is 0.768. The molecule has 0 spiro atoms. The summed E-state index contributed by atoms with van der Waals surface area (Å²) in [6.45, 7) is 6.87. The number of hydrogen-bond acceptors (Lipinski definition) is 4. The molecule has 0 radical (unpaired) electrons. The first kappa shape index (κ1) is 16.4. The van der Waals surface area contributed by atoms with E-state index >= 15 is 0 Å². The van der Waals surface area contributed by atoms with Crippen LogP contribution in [-0.4, -0.2) is 72.4 Å². The minimum atomic E-state index is -0.625. The molecule has 112 valence electrons. The highest BCUT2D eigenvalue weighted by atomic mass is 16.5. The Hall–Kier alpha value is -0.650. The third-order valence-electron chi connectivity index (χ3n) is 4.04. The highest BCUT2D eigenvalue weighted by Gasteiger charge is 2.35. The van der Waals surface area contributed by atoms with Crippen molar-refractivity contribution < 1.29 is 14.6 Å². The van der Waals surface area contributed by atoms with Gasteiger partial charge in [0.15, 0.2) is 0 Å². The molecular formula is C14H28N2O3. The molecule has 5 heteroatoms. The molecule has 1 saturated heterocycles. The number of likely N-dealkylation sites (N-methyl/N-ethyl adjacent to an activating group) is 1. The molecule has 0 aromatic heterocycles. The zero-order chi connectivity index (χ0) is 14.6. The van der Waals surface area contributed by atoms with Gasteiger partial charge in [0.1, 0.15) is 0 Å². The summed E-state index contributed by atoms with van der Waals surface area (Å²) in [5, 5.41) is 9.69. The fraction of sp³-hybridized carbons (Fsp3) is 0.929. The smallest absolute Gasteiger partial charge is 0.239 e. The summed E-state index contributed by atoms with van der Waals surface area (Å²) in [6.07, 6.45) is 1.67. The molecule has 1 aliphatic rings. The van der Waals surface area contributed by atoms with E-state index in [1.807, 2.05) is 6.92 Å². The second-order valence-electron chi connectivity index (χ2n) is 5.73. The molecule has 1 amide bonds. The fourth-order valence-electron chi connectivity index (χ4n) is 3.08. The van der Waals surface area contributed by atoms with Crippen LogP contribution in [0.15, 0.2) is 0 Å². The van der Waals surface area contributed by atoms with E-state index < -0.39 is 6.10 Å². The quantitative estimate of drug-likeness (QED) is 0.774. The lowest BCUT2D eigenvalue weighted by atomic mass is 10.2. The minimum absolute atomic E-state index is 0.0655. The molecule has 4 atom stereocenters. The Morgan fingerprint density at radius 3 is 2.42 bits per heavy atom. The third kappa shape index (κ3) is 4.16. The van der Waals surface area contributed by atoms with Crippen LogP contribution < -0.4 is 0 Å². The lowest BCUT2D eigenvalue weighted by Gasteiger charge is -2.34. The van der Waals surface area contributed by atoms with Crippen LogP contribution in [-0.2, 0) is 9.53 Å². The van der Waals surface area contributed by atoms with Crippen molar-refractivity contribution in [3.8, 4) is 0 Å². The van der Waals surface area contributed by atoms with Gasteiger partial charge in [-0.25, -0.2) is 0 Å². The number of hydrogen-bond donors (Lipinski definition) is 1. The minimum Gasteiger partial charge on any atom is -0.389 e. The number of likely N-dealkylation sites (tertiary alicyclic amines) is 1. The maximum absolute atomic E-state index is 12.4. The van der Waals surface area contributed by atoms with Crippen LogP contribution in [0.25, 0.3) is 0 Å². The van der Waals surface area contributed by atoms with Gasteiger partial charge in [0.25, 0.3) is 0 Å². The average molecular weight is 272 g/mol. The van der Waals surface area contributed by atoms with Crippen LogP contribution in [0.5, 0.6) is 0 Å². The predicted octanol–water partition coefficient (Wildman–Crippen LogP) is 0.713. The Kier molecular flexibility index (Phi) is 6.23. The van der Waals surface area contributed by atoms with E-state index in [0.717, 1.165) is 12.8 Å². The van der Waals surface area contributed by atoms with E-state index in [4.69, 9.17) is 4.74 Å². The van der Waals surface area contributed by atoms with Gasteiger partial charge < -0.3 is 14.7 Å². The molecule has 0 aromatic rings. The van der Waals surface area contributed by atoms with Crippen molar-refractivity contribution in [2.45, 2.75) is 57.8 Å². The lowest BCUT2D eigenvalue weighted by Crippen LogP contribution is -2.51. The molecule has 0 saturated carbocycles. The van der Waals surface area contributed by atoms with Gasteiger partial charge in [0.2, 0.25) is 5.91 Å². The Labute approximate surface area is 116 Å². The first-order chi connectivity index (χ1) is 8.88. The van der Waals surface area contributed by atoms with E-state index in [1.54, 1.807) is 19.1 Å². The third-order valence-corrected chi connectivity index (χ3v) is 4.04. The number of carbonyl (C=O) groups excluding carboxylic acids is 1. The fourth-order valence-corrected chi connectivity index (χ4v) is 3.08. The molecule has 0 bridgehead atoms. The molecule has 5 nitrogen and oxygen atoms in total. The van der Waals surface area contributed by atoms with Crippen molar-refractivity contribution in [2.24, 2.45) is 0 Å². The van der Waals surface area contributed by atoms with Gasteiger partial charge in [-0.1, -0.05) is 0 Å². The van der Waals surface area contributed by atoms with E-state index in [2.05, 4.69) is 18.7 Å². The number of aliphatic hydroxyl groups is 1. The predicted molar refractivity (Wildman–Crippen MR) is 75.0 cm³/mol. The largest absolute Gasteiger partial charge is 0.389 e. The molecule has 19 heavy (non-hydrogen) atoms. The van der Waals surface area contributed by atoms with E-state index in [0.29, 0.717) is 18.6 Å². The molecular weight excluding hydrogens is 244 g/mol. The molecule has 0 unspecified atom stereocenters. The van der Waals surface area contributed by atoms with Crippen LogP contribution in [0.1, 0.15) is 33.6 Å². The molecule has 1 rings (SSSR count). The number of ether oxygens (including phenoxy) is 1. The second kappa shape index (κ2) is 7.22. The standard InChI is InChI=1S/C14H28N2O3/c1-10-6-7-11(2)16(10)12(3)14(18)15(4)8-13(17)9-19-5/h10-13,17H,6-9H2,1-5H3/t10-,11-,12-,13+/m0/s1. The van der Waals surface area contributed by atoms with Crippen LogP contribution in [0.4, 0.5) is 0 Å². The molecule has 0 aromatic carbocycles. The van der Waals surface area contributed by atoms with Gasteiger partial charge in [0.05, 0.1) is 18.8 Å². The number of rotatable bonds is 6. The van der Waals surface area contributed by atoms with E-state index in [-0.39, 0.29) is 18.6 Å². The summed E-state index contributed by atoms with van der Waals surface area (Å²) in [5.41, 5.74) is 0. The monoisotopic (exact) mass is 272 g/mol. The Morgan fingerprint density at radius 1 is 1.42 bits per heavy atom. The molecule has 0 aliphatic carbocycles. The Bertz CT molecular complexity index is 288.